The van der Waals surface area contributed by atoms with Crippen molar-refractivity contribution < 1.29 is 23.1 Å². The molecule has 6 aliphatic carbocycles. The van der Waals surface area contributed by atoms with Gasteiger partial charge < -0.3 is 20.6 Å². The fraction of sp³-hybridized carbons (Fsp3) is 0.830. The van der Waals surface area contributed by atoms with E-state index in [2.05, 4.69) is 75.8 Å². The number of amides is 1. The molecule has 1 unspecified atom stereocenters. The van der Waals surface area contributed by atoms with Gasteiger partial charge in [0.1, 0.15) is 15.4 Å². The van der Waals surface area contributed by atoms with Gasteiger partial charge in [-0.2, -0.15) is 0 Å². The monoisotopic (exact) mass is 794 g/mol. The van der Waals surface area contributed by atoms with Gasteiger partial charge in [0.25, 0.3) is 0 Å². The molecule has 1 saturated heterocycles. The smallest absolute Gasteiger partial charge is 0.329 e. The maximum Gasteiger partial charge on any atom is 0.329 e. The first-order chi connectivity index (χ1) is 26.1. The molecule has 7 rings (SSSR count). The highest BCUT2D eigenvalue weighted by Crippen LogP contribution is 2.77. The highest BCUT2D eigenvalue weighted by molar-refractivity contribution is 7.91. The van der Waals surface area contributed by atoms with Crippen LogP contribution in [0.3, 0.4) is 0 Å². The Morgan fingerprint density at radius 3 is 2.20 bits per heavy atom. The highest BCUT2D eigenvalue weighted by Gasteiger charge is 2.70. The number of hydrogen-bond donors (Lipinski definition) is 3. The van der Waals surface area contributed by atoms with E-state index in [4.69, 9.17) is 0 Å². The molecule has 0 spiro atoms. The normalized spacial score (nSPS) is 42.6. The summed E-state index contributed by atoms with van der Waals surface area (Å²) in [5.74, 6) is 1.97. The van der Waals surface area contributed by atoms with Crippen LogP contribution in [0.1, 0.15) is 138 Å². The summed E-state index contributed by atoms with van der Waals surface area (Å²) in [5, 5.41) is 16.7. The zero-order chi connectivity index (χ0) is 40.7. The van der Waals surface area contributed by atoms with E-state index >= 15 is 0 Å². The van der Waals surface area contributed by atoms with Crippen LogP contribution in [0.4, 0.5) is 0 Å². The summed E-state index contributed by atoms with van der Waals surface area (Å²) in [7, 11) is -2.95. The van der Waals surface area contributed by atoms with Crippen molar-refractivity contribution in [2.45, 2.75) is 149 Å². The number of aliphatic carboxylic acids is 1. The number of nitrogens with one attached hydrogen (secondary N) is 2. The molecule has 56 heavy (non-hydrogen) atoms. The molecule has 0 aromatic heterocycles. The molecular weight excluding hydrogens is 719 g/mol. The minimum absolute atomic E-state index is 0.0113. The highest BCUT2D eigenvalue weighted by atomic mass is 32.2. The van der Waals surface area contributed by atoms with E-state index in [1.54, 1.807) is 0 Å². The molecule has 1 amide bonds. The van der Waals surface area contributed by atoms with Crippen molar-refractivity contribution in [1.29, 1.82) is 0 Å². The maximum atomic E-state index is 12.3. The number of allylic oxidation sites excluding steroid dienone is 4. The van der Waals surface area contributed by atoms with Crippen LogP contribution in [0.15, 0.2) is 35.5 Å². The lowest BCUT2D eigenvalue weighted by molar-refractivity contribution is -0.226. The summed E-state index contributed by atoms with van der Waals surface area (Å²) < 4.78 is 24.2. The second-order valence-electron chi connectivity index (χ2n) is 21.6. The molecule has 314 valence electrons. The quantitative estimate of drug-likeness (QED) is 0.151. The third kappa shape index (κ3) is 6.72. The van der Waals surface area contributed by atoms with Gasteiger partial charge in [-0.1, -0.05) is 58.9 Å². The number of carbonyl (C=O) groups is 2. The number of rotatable bonds is 10. The number of nitrogens with zero attached hydrogens (tertiary/aromatic N) is 1. The molecule has 4 saturated carbocycles. The number of likely N-dealkylation sites (tertiary alicyclic amines) is 1. The van der Waals surface area contributed by atoms with Crippen molar-refractivity contribution in [3.63, 3.8) is 0 Å². The molecular formula is C47H75N3O5S. The summed E-state index contributed by atoms with van der Waals surface area (Å²) >= 11 is 0. The largest absolute Gasteiger partial charge is 0.479 e. The molecule has 0 aromatic rings. The Hall–Kier alpha value is -1.97. The lowest BCUT2D eigenvalue weighted by atomic mass is 9.32. The molecule has 8 nitrogen and oxygen atoms in total. The Bertz CT molecular complexity index is 1760. The lowest BCUT2D eigenvalue weighted by Gasteiger charge is -2.72. The van der Waals surface area contributed by atoms with Crippen molar-refractivity contribution in [2.24, 2.45) is 56.7 Å². The van der Waals surface area contributed by atoms with Crippen molar-refractivity contribution in [2.75, 3.05) is 39.0 Å². The third-order valence-corrected chi connectivity index (χ3v) is 20.4. The van der Waals surface area contributed by atoms with Gasteiger partial charge in [0.2, 0.25) is 5.91 Å². The third-order valence-electron chi connectivity index (χ3n) is 18.7. The van der Waals surface area contributed by atoms with Gasteiger partial charge in [-0.15, -0.1) is 0 Å². The van der Waals surface area contributed by atoms with Gasteiger partial charge in [0, 0.05) is 32.8 Å². The predicted octanol–water partition coefficient (Wildman–Crippen LogP) is 8.35. The van der Waals surface area contributed by atoms with Crippen LogP contribution in [0.2, 0.25) is 0 Å². The van der Waals surface area contributed by atoms with Crippen LogP contribution < -0.4 is 10.6 Å². The minimum atomic E-state index is -2.95. The molecule has 7 aliphatic rings. The number of sulfone groups is 1. The summed E-state index contributed by atoms with van der Waals surface area (Å²) in [4.78, 5) is 26.8. The zero-order valence-electron chi connectivity index (χ0n) is 36.2. The molecule has 0 aromatic carbocycles. The predicted molar refractivity (Wildman–Crippen MR) is 226 cm³/mol. The second kappa shape index (κ2) is 14.6. The van der Waals surface area contributed by atoms with E-state index in [-0.39, 0.29) is 32.8 Å². The number of carbonyl (C=O) groups excluding carboxylic acids is 1. The Balaban J connectivity index is 1.08. The van der Waals surface area contributed by atoms with Gasteiger partial charge in [-0.25, -0.2) is 13.2 Å². The van der Waals surface area contributed by atoms with Crippen LogP contribution in [-0.4, -0.2) is 80.1 Å². The molecule has 3 N–H and O–H groups in total. The standard InChI is InChI=1S/C47H75N3O5S/c1-31(2)35-14-21-46(30-48-26-29-50-27-17-34(18-28-50)56(9,54)55)25-24-44(7)37(40(35)46)10-11-39-43(6)19-15-36(42(4,5)38(43)16-20-45(39,44)8)33-12-22-47(23-13-33,41(52)53)49-32(3)51/h12,15,34-35,37-40,48H,1,10-11,13-14,16-30H2,2-9H3,(H,49,51)(H,52,53)/t35-,37+,38-,39+,40+,43-,44+,45+,46+,47?/m0/s1. The van der Waals surface area contributed by atoms with Gasteiger partial charge in [-0.05, 0) is 178 Å². The Morgan fingerprint density at radius 2 is 1.59 bits per heavy atom. The van der Waals surface area contributed by atoms with Crippen LogP contribution in [0.25, 0.3) is 0 Å². The topological polar surface area (TPSA) is 116 Å². The molecule has 0 bridgehead atoms. The van der Waals surface area contributed by atoms with E-state index in [9.17, 15) is 23.1 Å². The molecule has 5 fully saturated rings. The second-order valence-corrected chi connectivity index (χ2v) is 24.0. The summed E-state index contributed by atoms with van der Waals surface area (Å²) in [6, 6.07) is 0. The SMILES string of the molecule is C=C(C)[C@@H]1CC[C@]2(CNCCN3CCC(S(C)(=O)=O)CC3)CC[C@]3(C)[C@H](CC[C@@H]4[C@@]5(C)CC=C(C6=CCC(NC(C)=O)(C(=O)O)CC6)C(C)(C)[C@@H]5CC[C@]43C)[C@@H]12. The molecule has 1 heterocycles. The number of carboxylic acid groups (broad SMARTS) is 1. The first-order valence-electron chi connectivity index (χ1n) is 22.3. The van der Waals surface area contributed by atoms with Crippen LogP contribution in [-0.2, 0) is 19.4 Å². The van der Waals surface area contributed by atoms with Crippen LogP contribution in [0, 0.1) is 56.7 Å². The Kier molecular flexibility index (Phi) is 11.0. The van der Waals surface area contributed by atoms with E-state index < -0.39 is 21.3 Å². The minimum Gasteiger partial charge on any atom is -0.479 e. The van der Waals surface area contributed by atoms with Crippen LogP contribution >= 0.6 is 0 Å². The Morgan fingerprint density at radius 1 is 0.875 bits per heavy atom. The molecule has 1 aliphatic heterocycles. The van der Waals surface area contributed by atoms with Crippen molar-refractivity contribution in [3.8, 4) is 0 Å². The number of piperidine rings is 1. The van der Waals surface area contributed by atoms with Gasteiger partial charge in [0.15, 0.2) is 0 Å². The van der Waals surface area contributed by atoms with Gasteiger partial charge in [-0.3, -0.25) is 4.79 Å². The number of carboxylic acids is 1. The summed E-state index contributed by atoms with van der Waals surface area (Å²) in [6.07, 6.45) is 20.4. The fourth-order valence-electron chi connectivity index (χ4n) is 15.7. The molecule has 10 atom stereocenters. The van der Waals surface area contributed by atoms with E-state index in [1.165, 1.54) is 81.3 Å². The summed E-state index contributed by atoms with van der Waals surface area (Å²) in [5.41, 5.74) is 3.97. The number of fused-ring (bicyclic) bond motifs is 7. The first-order valence-corrected chi connectivity index (χ1v) is 24.3. The van der Waals surface area contributed by atoms with E-state index in [0.29, 0.717) is 54.3 Å². The average molecular weight is 794 g/mol. The van der Waals surface area contributed by atoms with E-state index in [0.717, 1.165) is 52.0 Å². The molecule has 9 heteroatoms. The fourth-order valence-corrected chi connectivity index (χ4v) is 16.7. The number of hydrogen-bond acceptors (Lipinski definition) is 6. The summed E-state index contributed by atoms with van der Waals surface area (Å²) in [6.45, 7) is 26.2. The van der Waals surface area contributed by atoms with Gasteiger partial charge >= 0.3 is 5.97 Å². The van der Waals surface area contributed by atoms with Crippen molar-refractivity contribution >= 4 is 21.7 Å². The maximum absolute atomic E-state index is 12.3. The van der Waals surface area contributed by atoms with Crippen molar-refractivity contribution in [1.82, 2.24) is 15.5 Å². The van der Waals surface area contributed by atoms with Crippen LogP contribution in [0.5, 0.6) is 0 Å². The zero-order valence-corrected chi connectivity index (χ0v) is 37.0. The first kappa shape index (κ1) is 42.2. The lowest BCUT2D eigenvalue weighted by Crippen LogP contribution is -2.66. The molecule has 0 radical (unpaired) electrons. The van der Waals surface area contributed by atoms with E-state index in [1.807, 2.05) is 0 Å². The average Bonchev–Trinajstić information content (AvgIpc) is 3.50. The Labute approximate surface area is 339 Å². The van der Waals surface area contributed by atoms with Crippen molar-refractivity contribution in [3.05, 3.63) is 35.5 Å². The van der Waals surface area contributed by atoms with Gasteiger partial charge in [0.05, 0.1) is 5.25 Å².